The molecule has 1 N–H and O–H groups in total. The first-order valence-corrected chi connectivity index (χ1v) is 6.17. The van der Waals surface area contributed by atoms with Gasteiger partial charge in [-0.05, 0) is 45.7 Å². The second kappa shape index (κ2) is 5.11. The van der Waals surface area contributed by atoms with Gasteiger partial charge in [-0.1, -0.05) is 17.7 Å². The summed E-state index contributed by atoms with van der Waals surface area (Å²) in [6.45, 7) is 9.64. The zero-order valence-electron chi connectivity index (χ0n) is 12.2. The van der Waals surface area contributed by atoms with Crippen molar-refractivity contribution < 1.29 is 9.90 Å². The summed E-state index contributed by atoms with van der Waals surface area (Å²) in [5.41, 5.74) is 3.00. The van der Waals surface area contributed by atoms with E-state index < -0.39 is 5.60 Å². The third-order valence-corrected chi connectivity index (χ3v) is 2.86. The highest BCUT2D eigenvalue weighted by Crippen LogP contribution is 2.18. The van der Waals surface area contributed by atoms with E-state index in [1.807, 2.05) is 32.9 Å². The molecule has 18 heavy (non-hydrogen) atoms. The maximum atomic E-state index is 12.4. The zero-order valence-corrected chi connectivity index (χ0v) is 12.2. The summed E-state index contributed by atoms with van der Waals surface area (Å²) >= 11 is 0. The van der Waals surface area contributed by atoms with Gasteiger partial charge in [0.05, 0.1) is 5.60 Å². The fourth-order valence-corrected chi connectivity index (χ4v) is 2.36. The van der Waals surface area contributed by atoms with Crippen LogP contribution in [0.1, 0.15) is 40.9 Å². The number of benzene rings is 1. The average Bonchev–Trinajstić information content (AvgIpc) is 2.12. The predicted molar refractivity (Wildman–Crippen MR) is 73.9 cm³/mol. The standard InChI is InChI=1S/C15H23NO2/c1-10-7-11(2)13(12(3)8-10)14(17)16(6)9-15(4,5)18/h7-8,18H,9H2,1-6H3. The summed E-state index contributed by atoms with van der Waals surface area (Å²) in [6.07, 6.45) is 0. The summed E-state index contributed by atoms with van der Waals surface area (Å²) in [6, 6.07) is 4.02. The monoisotopic (exact) mass is 249 g/mol. The van der Waals surface area contributed by atoms with Crippen LogP contribution in [0.5, 0.6) is 0 Å². The number of likely N-dealkylation sites (N-methyl/N-ethyl adjacent to an activating group) is 1. The van der Waals surface area contributed by atoms with E-state index in [1.165, 1.54) is 0 Å². The normalized spacial score (nSPS) is 11.5. The molecule has 0 aliphatic heterocycles. The lowest BCUT2D eigenvalue weighted by Gasteiger charge is -2.26. The van der Waals surface area contributed by atoms with E-state index in [1.54, 1.807) is 25.8 Å². The van der Waals surface area contributed by atoms with Crippen molar-refractivity contribution in [2.75, 3.05) is 13.6 Å². The molecule has 100 valence electrons. The van der Waals surface area contributed by atoms with Gasteiger partial charge in [0, 0.05) is 19.2 Å². The minimum atomic E-state index is -0.878. The Labute approximate surface area is 109 Å². The molecule has 0 saturated heterocycles. The molecule has 0 heterocycles. The van der Waals surface area contributed by atoms with Gasteiger partial charge in [0.15, 0.2) is 0 Å². The highest BCUT2D eigenvalue weighted by Gasteiger charge is 2.22. The molecule has 1 aromatic carbocycles. The van der Waals surface area contributed by atoms with Crippen molar-refractivity contribution in [3.8, 4) is 0 Å². The van der Waals surface area contributed by atoms with E-state index >= 15 is 0 Å². The Morgan fingerprint density at radius 1 is 1.22 bits per heavy atom. The highest BCUT2D eigenvalue weighted by atomic mass is 16.3. The quantitative estimate of drug-likeness (QED) is 0.894. The number of aliphatic hydroxyl groups is 1. The minimum absolute atomic E-state index is 0.0351. The summed E-state index contributed by atoms with van der Waals surface area (Å²) < 4.78 is 0. The van der Waals surface area contributed by atoms with E-state index in [0.29, 0.717) is 6.54 Å². The number of rotatable bonds is 3. The average molecular weight is 249 g/mol. The lowest BCUT2D eigenvalue weighted by molar-refractivity contribution is 0.0367. The van der Waals surface area contributed by atoms with Gasteiger partial charge in [-0.3, -0.25) is 4.79 Å². The summed E-state index contributed by atoms with van der Waals surface area (Å²) in [7, 11) is 1.72. The number of carbonyl (C=O) groups is 1. The van der Waals surface area contributed by atoms with Crippen LogP contribution in [0.2, 0.25) is 0 Å². The van der Waals surface area contributed by atoms with Crippen LogP contribution in [0, 0.1) is 20.8 Å². The number of nitrogens with zero attached hydrogens (tertiary/aromatic N) is 1. The lowest BCUT2D eigenvalue weighted by Crippen LogP contribution is -2.40. The molecule has 0 unspecified atom stereocenters. The molecule has 3 nitrogen and oxygen atoms in total. The highest BCUT2D eigenvalue weighted by molar-refractivity contribution is 5.97. The van der Waals surface area contributed by atoms with Crippen molar-refractivity contribution in [3.05, 3.63) is 34.4 Å². The van der Waals surface area contributed by atoms with Crippen LogP contribution < -0.4 is 0 Å². The summed E-state index contributed by atoms with van der Waals surface area (Å²) in [5.74, 6) is -0.0351. The molecule has 3 heteroatoms. The molecule has 0 aromatic heterocycles. The molecule has 0 radical (unpaired) electrons. The third kappa shape index (κ3) is 3.57. The van der Waals surface area contributed by atoms with Crippen LogP contribution in [0.25, 0.3) is 0 Å². The molecule has 0 atom stereocenters. The van der Waals surface area contributed by atoms with Crippen LogP contribution in [-0.2, 0) is 0 Å². The molecule has 0 saturated carbocycles. The second-order valence-electron chi connectivity index (χ2n) is 5.75. The van der Waals surface area contributed by atoms with E-state index in [4.69, 9.17) is 0 Å². The molecule has 1 rings (SSSR count). The van der Waals surface area contributed by atoms with Crippen LogP contribution in [0.3, 0.4) is 0 Å². The number of hydrogen-bond acceptors (Lipinski definition) is 2. The van der Waals surface area contributed by atoms with Gasteiger partial charge < -0.3 is 10.0 Å². The molecule has 0 aliphatic rings. The Balaban J connectivity index is 3.05. The number of carbonyl (C=O) groups excluding carboxylic acids is 1. The van der Waals surface area contributed by atoms with Crippen molar-refractivity contribution in [3.63, 3.8) is 0 Å². The maximum Gasteiger partial charge on any atom is 0.254 e. The van der Waals surface area contributed by atoms with Crippen LogP contribution in [-0.4, -0.2) is 35.1 Å². The van der Waals surface area contributed by atoms with E-state index in [0.717, 1.165) is 22.3 Å². The Morgan fingerprint density at radius 3 is 2.06 bits per heavy atom. The summed E-state index contributed by atoms with van der Waals surface area (Å²) in [4.78, 5) is 14.0. The first-order valence-electron chi connectivity index (χ1n) is 6.17. The smallest absolute Gasteiger partial charge is 0.254 e. The second-order valence-corrected chi connectivity index (χ2v) is 5.75. The number of aryl methyl sites for hydroxylation is 3. The Kier molecular flexibility index (Phi) is 4.17. The van der Waals surface area contributed by atoms with Crippen LogP contribution in [0.15, 0.2) is 12.1 Å². The Hall–Kier alpha value is -1.35. The van der Waals surface area contributed by atoms with Crippen LogP contribution >= 0.6 is 0 Å². The van der Waals surface area contributed by atoms with Crippen molar-refractivity contribution >= 4 is 5.91 Å². The van der Waals surface area contributed by atoms with Crippen LogP contribution in [0.4, 0.5) is 0 Å². The number of hydrogen-bond donors (Lipinski definition) is 1. The van der Waals surface area contributed by atoms with Gasteiger partial charge in [-0.2, -0.15) is 0 Å². The molecule has 0 bridgehead atoms. The third-order valence-electron chi connectivity index (χ3n) is 2.86. The van der Waals surface area contributed by atoms with E-state index in [2.05, 4.69) is 0 Å². The van der Waals surface area contributed by atoms with Gasteiger partial charge in [-0.25, -0.2) is 0 Å². The maximum absolute atomic E-state index is 12.4. The lowest BCUT2D eigenvalue weighted by atomic mass is 9.98. The van der Waals surface area contributed by atoms with Gasteiger partial charge in [0.25, 0.3) is 5.91 Å². The van der Waals surface area contributed by atoms with E-state index in [-0.39, 0.29) is 5.91 Å². The molecule has 1 amide bonds. The van der Waals surface area contributed by atoms with Gasteiger partial charge >= 0.3 is 0 Å². The number of amides is 1. The van der Waals surface area contributed by atoms with Crippen molar-refractivity contribution in [2.24, 2.45) is 0 Å². The summed E-state index contributed by atoms with van der Waals surface area (Å²) in [5, 5.41) is 9.77. The minimum Gasteiger partial charge on any atom is -0.389 e. The molecule has 1 aromatic rings. The topological polar surface area (TPSA) is 40.5 Å². The van der Waals surface area contributed by atoms with Gasteiger partial charge in [-0.15, -0.1) is 0 Å². The van der Waals surface area contributed by atoms with Crippen molar-refractivity contribution in [2.45, 2.75) is 40.2 Å². The SMILES string of the molecule is Cc1cc(C)c(C(=O)N(C)CC(C)(C)O)c(C)c1. The Bertz CT molecular complexity index is 435. The first kappa shape index (κ1) is 14.7. The largest absolute Gasteiger partial charge is 0.389 e. The van der Waals surface area contributed by atoms with Crippen molar-refractivity contribution in [1.82, 2.24) is 4.90 Å². The predicted octanol–water partition coefficient (Wildman–Crippen LogP) is 2.45. The fourth-order valence-electron chi connectivity index (χ4n) is 2.36. The van der Waals surface area contributed by atoms with Crippen molar-refractivity contribution in [1.29, 1.82) is 0 Å². The Morgan fingerprint density at radius 2 is 1.67 bits per heavy atom. The van der Waals surface area contributed by atoms with Gasteiger partial charge in [0.1, 0.15) is 0 Å². The fraction of sp³-hybridized carbons (Fsp3) is 0.533. The molecular formula is C15H23NO2. The van der Waals surface area contributed by atoms with Gasteiger partial charge in [0.2, 0.25) is 0 Å². The molecule has 0 fully saturated rings. The zero-order chi connectivity index (χ0) is 14.1. The molecular weight excluding hydrogens is 226 g/mol. The molecule has 0 aliphatic carbocycles. The first-order chi connectivity index (χ1) is 8.11. The molecule has 0 spiro atoms. The van der Waals surface area contributed by atoms with E-state index in [9.17, 15) is 9.90 Å².